The van der Waals surface area contributed by atoms with E-state index in [1.165, 1.54) is 11.3 Å². The van der Waals surface area contributed by atoms with Gasteiger partial charge in [0.25, 0.3) is 5.91 Å². The van der Waals surface area contributed by atoms with Gasteiger partial charge in [0.05, 0.1) is 18.8 Å². The van der Waals surface area contributed by atoms with Crippen molar-refractivity contribution in [3.05, 3.63) is 52.0 Å². The topological polar surface area (TPSA) is 71.5 Å². The summed E-state index contributed by atoms with van der Waals surface area (Å²) in [6, 6.07) is 5.49. The van der Waals surface area contributed by atoms with Crippen LogP contribution < -0.4 is 5.32 Å². The Kier molecular flexibility index (Phi) is 6.29. The van der Waals surface area contributed by atoms with Crippen LogP contribution in [-0.4, -0.2) is 35.8 Å². The van der Waals surface area contributed by atoms with Gasteiger partial charge in [-0.25, -0.2) is 0 Å². The van der Waals surface area contributed by atoms with Crippen LogP contribution in [0.4, 0.5) is 13.2 Å². The number of aliphatic hydroxyl groups excluding tert-OH is 1. The second kappa shape index (κ2) is 8.22. The standard InChI is InChI=1S/C15H15F3N2O3S/c16-15(17,18)13-4-3-10(8-19-13)14(22)20-9-11(23-6-5-21)12-2-1-7-24-12/h1-4,7-8,11,21H,5-6,9H2,(H,20,22)/t11-/m1/s1. The SMILES string of the molecule is O=C(NC[C@@H](OCCO)c1cccs1)c1ccc(C(F)(F)F)nc1. The average Bonchev–Trinajstić information content (AvgIpc) is 3.08. The van der Waals surface area contributed by atoms with Crippen molar-refractivity contribution >= 4 is 17.2 Å². The maximum Gasteiger partial charge on any atom is 0.433 e. The summed E-state index contributed by atoms with van der Waals surface area (Å²) in [6.07, 6.45) is -4.10. The molecule has 0 saturated carbocycles. The van der Waals surface area contributed by atoms with Crippen molar-refractivity contribution in [2.45, 2.75) is 12.3 Å². The molecule has 1 atom stereocenters. The van der Waals surface area contributed by atoms with E-state index in [2.05, 4.69) is 10.3 Å². The number of nitrogens with one attached hydrogen (secondary N) is 1. The molecule has 5 nitrogen and oxygen atoms in total. The van der Waals surface area contributed by atoms with Gasteiger partial charge in [-0.3, -0.25) is 9.78 Å². The first-order valence-electron chi connectivity index (χ1n) is 6.99. The number of carbonyl (C=O) groups excluding carboxylic acids is 1. The summed E-state index contributed by atoms with van der Waals surface area (Å²) in [5.41, 5.74) is -1.03. The van der Waals surface area contributed by atoms with E-state index in [-0.39, 0.29) is 25.3 Å². The molecule has 1 amide bonds. The smallest absolute Gasteiger partial charge is 0.394 e. The zero-order valence-electron chi connectivity index (χ0n) is 12.4. The van der Waals surface area contributed by atoms with Crippen molar-refractivity contribution in [1.82, 2.24) is 10.3 Å². The number of thiophene rings is 1. The lowest BCUT2D eigenvalue weighted by Gasteiger charge is -2.17. The van der Waals surface area contributed by atoms with Gasteiger partial charge in [0.1, 0.15) is 11.8 Å². The molecule has 0 bridgehead atoms. The summed E-state index contributed by atoms with van der Waals surface area (Å²) in [4.78, 5) is 16.1. The fourth-order valence-electron chi connectivity index (χ4n) is 1.89. The largest absolute Gasteiger partial charge is 0.433 e. The number of hydrogen-bond acceptors (Lipinski definition) is 5. The summed E-state index contributed by atoms with van der Waals surface area (Å²) >= 11 is 1.44. The molecule has 2 rings (SSSR count). The van der Waals surface area contributed by atoms with Crippen LogP contribution in [0.3, 0.4) is 0 Å². The lowest BCUT2D eigenvalue weighted by Crippen LogP contribution is -2.29. The number of halogens is 3. The highest BCUT2D eigenvalue weighted by molar-refractivity contribution is 7.10. The Morgan fingerprint density at radius 3 is 2.71 bits per heavy atom. The zero-order chi connectivity index (χ0) is 17.6. The first kappa shape index (κ1) is 18.4. The number of amides is 1. The number of aromatic nitrogens is 1. The predicted molar refractivity (Wildman–Crippen MR) is 81.7 cm³/mol. The Hall–Kier alpha value is -1.97. The average molecular weight is 360 g/mol. The van der Waals surface area contributed by atoms with Crippen LogP contribution in [0, 0.1) is 0 Å². The Balaban J connectivity index is 1.97. The third-order valence-corrected chi connectivity index (χ3v) is 4.00. The van der Waals surface area contributed by atoms with Gasteiger partial charge < -0.3 is 15.2 Å². The molecule has 0 aliphatic rings. The van der Waals surface area contributed by atoms with Crippen LogP contribution in [-0.2, 0) is 10.9 Å². The first-order chi connectivity index (χ1) is 11.4. The van der Waals surface area contributed by atoms with Gasteiger partial charge in [-0.1, -0.05) is 6.07 Å². The number of rotatable bonds is 7. The first-order valence-corrected chi connectivity index (χ1v) is 7.87. The van der Waals surface area contributed by atoms with Crippen LogP contribution in [0.5, 0.6) is 0 Å². The summed E-state index contributed by atoms with van der Waals surface area (Å²) in [5, 5.41) is 13.3. The summed E-state index contributed by atoms with van der Waals surface area (Å²) in [5.74, 6) is -0.551. The molecule has 2 aromatic rings. The minimum Gasteiger partial charge on any atom is -0.394 e. The normalized spacial score (nSPS) is 12.8. The van der Waals surface area contributed by atoms with E-state index in [0.717, 1.165) is 23.2 Å². The number of nitrogens with zero attached hydrogens (tertiary/aromatic N) is 1. The van der Waals surface area contributed by atoms with E-state index in [9.17, 15) is 18.0 Å². The maximum atomic E-state index is 12.5. The molecule has 130 valence electrons. The molecule has 0 unspecified atom stereocenters. The van der Waals surface area contributed by atoms with Gasteiger partial charge in [0.2, 0.25) is 0 Å². The molecule has 0 fully saturated rings. The molecule has 0 saturated heterocycles. The van der Waals surface area contributed by atoms with Crippen LogP contribution in [0.15, 0.2) is 35.8 Å². The lowest BCUT2D eigenvalue weighted by molar-refractivity contribution is -0.141. The van der Waals surface area contributed by atoms with Crippen LogP contribution >= 0.6 is 11.3 Å². The van der Waals surface area contributed by atoms with Crippen molar-refractivity contribution in [3.63, 3.8) is 0 Å². The summed E-state index contributed by atoms with van der Waals surface area (Å²) in [7, 11) is 0. The highest BCUT2D eigenvalue weighted by Gasteiger charge is 2.32. The molecular formula is C15H15F3N2O3S. The molecule has 0 aromatic carbocycles. The molecule has 0 radical (unpaired) electrons. The number of pyridine rings is 1. The molecule has 0 aliphatic heterocycles. The Morgan fingerprint density at radius 2 is 2.17 bits per heavy atom. The van der Waals surface area contributed by atoms with Crippen LogP contribution in [0.1, 0.15) is 27.0 Å². The maximum absolute atomic E-state index is 12.5. The Labute approximate surface area is 140 Å². The number of aliphatic hydroxyl groups is 1. The number of ether oxygens (including phenoxy) is 1. The molecule has 9 heteroatoms. The van der Waals surface area contributed by atoms with Gasteiger partial charge in [-0.15, -0.1) is 11.3 Å². The summed E-state index contributed by atoms with van der Waals surface area (Å²) in [6.45, 7) is 0.0826. The van der Waals surface area contributed by atoms with Crippen molar-refractivity contribution < 1.29 is 27.8 Å². The van der Waals surface area contributed by atoms with Gasteiger partial charge >= 0.3 is 6.18 Å². The Bertz CT molecular complexity index is 645. The zero-order valence-corrected chi connectivity index (χ0v) is 13.2. The molecule has 2 heterocycles. The quantitative estimate of drug-likeness (QED) is 0.796. The fourth-order valence-corrected chi connectivity index (χ4v) is 2.67. The van der Waals surface area contributed by atoms with Gasteiger partial charge in [-0.2, -0.15) is 13.2 Å². The fraction of sp³-hybridized carbons (Fsp3) is 0.333. The molecule has 0 aliphatic carbocycles. The van der Waals surface area contributed by atoms with Crippen molar-refractivity contribution in [3.8, 4) is 0 Å². The van der Waals surface area contributed by atoms with Gasteiger partial charge in [0.15, 0.2) is 0 Å². The highest BCUT2D eigenvalue weighted by Crippen LogP contribution is 2.27. The lowest BCUT2D eigenvalue weighted by atomic mass is 10.2. The number of carbonyl (C=O) groups is 1. The molecule has 2 N–H and O–H groups in total. The Morgan fingerprint density at radius 1 is 1.38 bits per heavy atom. The summed E-state index contributed by atoms with van der Waals surface area (Å²) < 4.78 is 42.8. The number of alkyl halides is 3. The monoisotopic (exact) mass is 360 g/mol. The van der Waals surface area contributed by atoms with Crippen molar-refractivity contribution in [2.24, 2.45) is 0 Å². The minimum absolute atomic E-state index is 0.0232. The minimum atomic E-state index is -4.54. The molecule has 24 heavy (non-hydrogen) atoms. The van der Waals surface area contributed by atoms with E-state index < -0.39 is 23.9 Å². The number of hydrogen-bond donors (Lipinski definition) is 2. The van der Waals surface area contributed by atoms with E-state index in [0.29, 0.717) is 0 Å². The predicted octanol–water partition coefficient (Wildman–Crippen LogP) is 2.64. The highest BCUT2D eigenvalue weighted by atomic mass is 32.1. The van der Waals surface area contributed by atoms with Crippen LogP contribution in [0.25, 0.3) is 0 Å². The van der Waals surface area contributed by atoms with Crippen LogP contribution in [0.2, 0.25) is 0 Å². The second-order valence-electron chi connectivity index (χ2n) is 4.74. The molecular weight excluding hydrogens is 345 g/mol. The van der Waals surface area contributed by atoms with E-state index >= 15 is 0 Å². The van der Waals surface area contributed by atoms with Crippen molar-refractivity contribution in [2.75, 3.05) is 19.8 Å². The van der Waals surface area contributed by atoms with E-state index in [1.54, 1.807) is 0 Å². The third-order valence-electron chi connectivity index (χ3n) is 3.03. The van der Waals surface area contributed by atoms with Gasteiger partial charge in [0, 0.05) is 17.6 Å². The molecule has 0 spiro atoms. The van der Waals surface area contributed by atoms with E-state index in [1.807, 2.05) is 17.5 Å². The van der Waals surface area contributed by atoms with Gasteiger partial charge in [-0.05, 0) is 23.6 Å². The van der Waals surface area contributed by atoms with E-state index in [4.69, 9.17) is 9.84 Å². The van der Waals surface area contributed by atoms with Crippen molar-refractivity contribution in [1.29, 1.82) is 0 Å². The molecule has 2 aromatic heterocycles. The third kappa shape index (κ3) is 5.02. The second-order valence-corrected chi connectivity index (χ2v) is 5.72.